The zero-order chi connectivity index (χ0) is 13.5. The second-order valence-corrected chi connectivity index (χ2v) is 6.11. The maximum atomic E-state index is 13.6. The smallest absolute Gasteiger partial charge is 0.264 e. The predicted molar refractivity (Wildman–Crippen MR) is 68.8 cm³/mol. The van der Waals surface area contributed by atoms with Gasteiger partial charge in [0.25, 0.3) is 5.92 Å². The van der Waals surface area contributed by atoms with E-state index in [1.54, 1.807) is 0 Å². The average molecular weight is 261 g/mol. The Morgan fingerprint density at radius 2 is 1.94 bits per heavy atom. The van der Waals surface area contributed by atoms with E-state index < -0.39 is 12.0 Å². The zero-order valence-electron chi connectivity index (χ0n) is 11.6. The van der Waals surface area contributed by atoms with Crippen molar-refractivity contribution in [1.82, 2.24) is 9.80 Å². The molecule has 2 N–H and O–H groups in total. The minimum Gasteiger partial charge on any atom is -0.321 e. The molecule has 0 unspecified atom stereocenters. The van der Waals surface area contributed by atoms with Crippen molar-refractivity contribution >= 4 is 0 Å². The van der Waals surface area contributed by atoms with E-state index in [9.17, 15) is 8.78 Å². The van der Waals surface area contributed by atoms with E-state index in [1.165, 1.54) is 0 Å². The first-order valence-corrected chi connectivity index (χ1v) is 6.92. The summed E-state index contributed by atoms with van der Waals surface area (Å²) in [6.07, 6.45) is 1.36. The van der Waals surface area contributed by atoms with Crippen LogP contribution in [-0.4, -0.2) is 60.0 Å². The zero-order valence-corrected chi connectivity index (χ0v) is 11.6. The van der Waals surface area contributed by atoms with Crippen molar-refractivity contribution < 1.29 is 8.78 Å². The molecule has 2 rings (SSSR count). The van der Waals surface area contributed by atoms with Gasteiger partial charge in [-0.2, -0.15) is 0 Å². The fourth-order valence-corrected chi connectivity index (χ4v) is 3.02. The summed E-state index contributed by atoms with van der Waals surface area (Å²) in [4.78, 5) is 4.45. The van der Waals surface area contributed by atoms with Crippen molar-refractivity contribution in [3.63, 3.8) is 0 Å². The molecule has 0 aromatic carbocycles. The van der Waals surface area contributed by atoms with Gasteiger partial charge >= 0.3 is 0 Å². The predicted octanol–water partition coefficient (Wildman–Crippen LogP) is 1.53. The number of likely N-dealkylation sites (N-methyl/N-ethyl adjacent to an activating group) is 1. The first-order chi connectivity index (χ1) is 8.33. The molecule has 0 spiro atoms. The number of nitrogens with zero attached hydrogens (tertiary/aromatic N) is 2. The number of rotatable bonds is 3. The molecule has 2 aliphatic rings. The summed E-state index contributed by atoms with van der Waals surface area (Å²) < 4.78 is 27.2. The van der Waals surface area contributed by atoms with Gasteiger partial charge in [0.2, 0.25) is 0 Å². The minimum atomic E-state index is -2.68. The Bertz CT molecular complexity index is 290. The molecule has 0 aromatic heterocycles. The molecule has 0 aromatic rings. The van der Waals surface area contributed by atoms with E-state index in [2.05, 4.69) is 30.7 Å². The van der Waals surface area contributed by atoms with Crippen LogP contribution in [0, 0.1) is 0 Å². The first-order valence-electron chi connectivity index (χ1n) is 6.92. The van der Waals surface area contributed by atoms with Gasteiger partial charge < -0.3 is 5.73 Å². The van der Waals surface area contributed by atoms with Gasteiger partial charge in [-0.05, 0) is 33.7 Å². The lowest BCUT2D eigenvalue weighted by Gasteiger charge is -2.52. The summed E-state index contributed by atoms with van der Waals surface area (Å²) in [5.41, 5.74) is 5.74. The van der Waals surface area contributed by atoms with Gasteiger partial charge in [0.05, 0.1) is 6.04 Å². The molecule has 0 bridgehead atoms. The second-order valence-electron chi connectivity index (χ2n) is 6.11. The highest BCUT2D eigenvalue weighted by molar-refractivity contribution is 5.01. The standard InChI is InChI=1S/C13H25F2N3/c1-9(2)17(3)10-7-18(8-10)11-5-4-6-13(14,15)12(11)16/h9-12H,4-8,16H2,1-3H3/t11-,12+/m0/s1. The monoisotopic (exact) mass is 261 g/mol. The van der Waals surface area contributed by atoms with Crippen LogP contribution < -0.4 is 5.73 Å². The van der Waals surface area contributed by atoms with Gasteiger partial charge in [0.1, 0.15) is 0 Å². The molecular formula is C13H25F2N3. The Hall–Kier alpha value is -0.260. The van der Waals surface area contributed by atoms with Gasteiger partial charge in [-0.15, -0.1) is 0 Å². The van der Waals surface area contributed by atoms with Crippen LogP contribution in [0.5, 0.6) is 0 Å². The fourth-order valence-electron chi connectivity index (χ4n) is 3.02. The van der Waals surface area contributed by atoms with E-state index in [1.807, 2.05) is 0 Å². The summed E-state index contributed by atoms with van der Waals surface area (Å²) >= 11 is 0. The van der Waals surface area contributed by atoms with E-state index >= 15 is 0 Å². The Morgan fingerprint density at radius 3 is 2.50 bits per heavy atom. The number of likely N-dealkylation sites (tertiary alicyclic amines) is 1. The van der Waals surface area contributed by atoms with E-state index in [0.29, 0.717) is 18.5 Å². The number of halogens is 2. The second kappa shape index (κ2) is 5.02. The number of hydrogen-bond donors (Lipinski definition) is 1. The Balaban J connectivity index is 1.88. The molecule has 2 atom stereocenters. The van der Waals surface area contributed by atoms with Crippen LogP contribution in [0.3, 0.4) is 0 Å². The van der Waals surface area contributed by atoms with Crippen molar-refractivity contribution in [2.75, 3.05) is 20.1 Å². The van der Waals surface area contributed by atoms with Crippen molar-refractivity contribution in [3.8, 4) is 0 Å². The van der Waals surface area contributed by atoms with Crippen LogP contribution in [0.1, 0.15) is 33.1 Å². The van der Waals surface area contributed by atoms with Crippen molar-refractivity contribution in [1.29, 1.82) is 0 Å². The van der Waals surface area contributed by atoms with E-state index in [4.69, 9.17) is 5.73 Å². The van der Waals surface area contributed by atoms with Crippen LogP contribution in [0.15, 0.2) is 0 Å². The summed E-state index contributed by atoms with van der Waals surface area (Å²) in [7, 11) is 2.10. The maximum Gasteiger partial charge on any atom is 0.264 e. The van der Waals surface area contributed by atoms with E-state index in [-0.39, 0.29) is 12.5 Å². The molecule has 1 saturated heterocycles. The molecule has 0 amide bonds. The van der Waals surface area contributed by atoms with Gasteiger partial charge in [-0.1, -0.05) is 0 Å². The Labute approximate surface area is 108 Å². The third-order valence-corrected chi connectivity index (χ3v) is 4.66. The van der Waals surface area contributed by atoms with Crippen LogP contribution in [0.4, 0.5) is 8.78 Å². The maximum absolute atomic E-state index is 13.6. The normalized spacial score (nSPS) is 34.0. The van der Waals surface area contributed by atoms with Crippen LogP contribution in [0.2, 0.25) is 0 Å². The molecule has 3 nitrogen and oxygen atoms in total. The summed E-state index contributed by atoms with van der Waals surface area (Å²) in [6.45, 7) is 6.07. The summed E-state index contributed by atoms with van der Waals surface area (Å²) in [5.74, 6) is -2.68. The molecule has 0 radical (unpaired) electrons. The van der Waals surface area contributed by atoms with Crippen LogP contribution >= 0.6 is 0 Å². The van der Waals surface area contributed by atoms with E-state index in [0.717, 1.165) is 19.5 Å². The fraction of sp³-hybridized carbons (Fsp3) is 1.00. The highest BCUT2D eigenvalue weighted by Crippen LogP contribution is 2.36. The SMILES string of the molecule is CC(C)N(C)C1CN([C@H]2CCCC(F)(F)[C@@H]2N)C1. The molecule has 18 heavy (non-hydrogen) atoms. The third kappa shape index (κ3) is 2.53. The molecule has 2 fully saturated rings. The largest absolute Gasteiger partial charge is 0.321 e. The first kappa shape index (κ1) is 14.2. The number of nitrogens with two attached hydrogens (primary N) is 1. The van der Waals surface area contributed by atoms with Crippen LogP contribution in [-0.2, 0) is 0 Å². The summed E-state index contributed by atoms with van der Waals surface area (Å²) in [5, 5.41) is 0. The van der Waals surface area contributed by atoms with Gasteiger partial charge in [-0.25, -0.2) is 8.78 Å². The molecular weight excluding hydrogens is 236 g/mol. The molecule has 1 heterocycles. The highest BCUT2D eigenvalue weighted by atomic mass is 19.3. The quantitative estimate of drug-likeness (QED) is 0.836. The van der Waals surface area contributed by atoms with Crippen molar-refractivity contribution in [2.24, 2.45) is 5.73 Å². The number of hydrogen-bond acceptors (Lipinski definition) is 3. The average Bonchev–Trinajstić information content (AvgIpc) is 2.21. The Kier molecular flexibility index (Phi) is 3.95. The van der Waals surface area contributed by atoms with Crippen molar-refractivity contribution in [3.05, 3.63) is 0 Å². The third-order valence-electron chi connectivity index (χ3n) is 4.66. The molecule has 1 aliphatic heterocycles. The molecule has 1 saturated carbocycles. The lowest BCUT2D eigenvalue weighted by Crippen LogP contribution is -2.68. The van der Waals surface area contributed by atoms with Crippen LogP contribution in [0.25, 0.3) is 0 Å². The Morgan fingerprint density at radius 1 is 1.33 bits per heavy atom. The lowest BCUT2D eigenvalue weighted by atomic mass is 9.84. The topological polar surface area (TPSA) is 32.5 Å². The number of alkyl halides is 2. The molecule has 1 aliphatic carbocycles. The summed E-state index contributed by atoms with van der Waals surface area (Å²) in [6, 6.07) is -0.131. The molecule has 106 valence electrons. The molecule has 5 heteroatoms. The van der Waals surface area contributed by atoms with Gasteiger partial charge in [0, 0.05) is 37.6 Å². The minimum absolute atomic E-state index is 0.0478. The van der Waals surface area contributed by atoms with Crippen molar-refractivity contribution in [2.45, 2.75) is 63.2 Å². The van der Waals surface area contributed by atoms with Gasteiger partial charge in [0.15, 0.2) is 0 Å². The van der Waals surface area contributed by atoms with Gasteiger partial charge in [-0.3, -0.25) is 9.80 Å². The lowest BCUT2D eigenvalue weighted by molar-refractivity contribution is -0.104. The highest BCUT2D eigenvalue weighted by Gasteiger charge is 2.49.